The van der Waals surface area contributed by atoms with Crippen LogP contribution in [0, 0.1) is 0 Å². The minimum atomic E-state index is -0.509. The zero-order chi connectivity index (χ0) is 18.2. The minimum Gasteiger partial charge on any atom is -0.480 e. The number of amides is 1. The molecule has 2 aromatic rings. The largest absolute Gasteiger partial charge is 0.480 e. The number of benzene rings is 1. The fourth-order valence-electron chi connectivity index (χ4n) is 2.38. The normalized spacial score (nSPS) is 11.7. The van der Waals surface area contributed by atoms with E-state index in [1.54, 1.807) is 32.2 Å². The molecule has 0 aliphatic rings. The van der Waals surface area contributed by atoms with Crippen molar-refractivity contribution in [3.63, 3.8) is 0 Å². The number of methoxy groups -OCH3 is 1. The Hall–Kier alpha value is -2.89. The smallest absolute Gasteiger partial charge is 0.308 e. The van der Waals surface area contributed by atoms with E-state index in [9.17, 15) is 9.59 Å². The van der Waals surface area contributed by atoms with Gasteiger partial charge >= 0.3 is 5.97 Å². The SMILES string of the molecule is COc1ncccc1C(=O)NC(CC(=O)OC(C)C)c1ccccc1. The molecule has 0 fully saturated rings. The number of pyridine rings is 1. The molecule has 6 nitrogen and oxygen atoms in total. The van der Waals surface area contributed by atoms with Crippen LogP contribution >= 0.6 is 0 Å². The molecule has 1 aromatic heterocycles. The number of aromatic nitrogens is 1. The van der Waals surface area contributed by atoms with Gasteiger partial charge in [-0.25, -0.2) is 4.98 Å². The van der Waals surface area contributed by atoms with Crippen LogP contribution in [-0.4, -0.2) is 30.1 Å². The van der Waals surface area contributed by atoms with Crippen molar-refractivity contribution >= 4 is 11.9 Å². The molecule has 25 heavy (non-hydrogen) atoms. The van der Waals surface area contributed by atoms with Gasteiger partial charge in [0.1, 0.15) is 5.56 Å². The van der Waals surface area contributed by atoms with Crippen molar-refractivity contribution < 1.29 is 19.1 Å². The van der Waals surface area contributed by atoms with Gasteiger partial charge in [0, 0.05) is 6.20 Å². The maximum Gasteiger partial charge on any atom is 0.308 e. The van der Waals surface area contributed by atoms with E-state index in [0.717, 1.165) is 5.56 Å². The fourth-order valence-corrected chi connectivity index (χ4v) is 2.38. The van der Waals surface area contributed by atoms with Crippen LogP contribution in [-0.2, 0) is 9.53 Å². The zero-order valence-corrected chi connectivity index (χ0v) is 14.6. The third-order valence-corrected chi connectivity index (χ3v) is 3.45. The summed E-state index contributed by atoms with van der Waals surface area (Å²) in [5.74, 6) is -0.505. The fraction of sp³-hybridized carbons (Fsp3) is 0.316. The first-order chi connectivity index (χ1) is 12.0. The second-order valence-corrected chi connectivity index (χ2v) is 5.74. The summed E-state index contributed by atoms with van der Waals surface area (Å²) < 4.78 is 10.3. The Morgan fingerprint density at radius 1 is 1.12 bits per heavy atom. The molecule has 1 aromatic carbocycles. The molecule has 0 saturated carbocycles. The maximum atomic E-state index is 12.6. The molecule has 0 aliphatic carbocycles. The lowest BCUT2D eigenvalue weighted by molar-refractivity contribution is -0.147. The van der Waals surface area contributed by atoms with Crippen LogP contribution in [0.4, 0.5) is 0 Å². The van der Waals surface area contributed by atoms with E-state index in [4.69, 9.17) is 9.47 Å². The number of ether oxygens (including phenoxy) is 2. The summed E-state index contributed by atoms with van der Waals surface area (Å²) in [4.78, 5) is 28.7. The van der Waals surface area contributed by atoms with Crippen LogP contribution in [0.5, 0.6) is 5.88 Å². The summed E-state index contributed by atoms with van der Waals surface area (Å²) in [6.07, 6.45) is 1.37. The number of carbonyl (C=O) groups excluding carboxylic acids is 2. The quantitative estimate of drug-likeness (QED) is 0.783. The van der Waals surface area contributed by atoms with Crippen molar-refractivity contribution in [3.05, 3.63) is 59.8 Å². The average Bonchev–Trinajstić information content (AvgIpc) is 2.61. The monoisotopic (exact) mass is 342 g/mol. The summed E-state index contributed by atoms with van der Waals surface area (Å²) in [6.45, 7) is 3.57. The zero-order valence-electron chi connectivity index (χ0n) is 14.6. The molecule has 1 heterocycles. The number of nitrogens with zero attached hydrogens (tertiary/aromatic N) is 1. The molecule has 1 N–H and O–H groups in total. The maximum absolute atomic E-state index is 12.6. The molecule has 6 heteroatoms. The first-order valence-corrected chi connectivity index (χ1v) is 8.05. The number of esters is 1. The number of rotatable bonds is 7. The van der Waals surface area contributed by atoms with Crippen LogP contribution in [0.1, 0.15) is 42.2 Å². The van der Waals surface area contributed by atoms with Crippen LogP contribution in [0.2, 0.25) is 0 Å². The van der Waals surface area contributed by atoms with Crippen LogP contribution < -0.4 is 10.1 Å². The van der Waals surface area contributed by atoms with Crippen LogP contribution in [0.25, 0.3) is 0 Å². The molecule has 1 amide bonds. The number of carbonyl (C=O) groups is 2. The minimum absolute atomic E-state index is 0.0382. The molecule has 0 aliphatic heterocycles. The lowest BCUT2D eigenvalue weighted by atomic mass is 10.0. The predicted molar refractivity (Wildman–Crippen MR) is 93.3 cm³/mol. The molecular weight excluding hydrogens is 320 g/mol. The summed E-state index contributed by atoms with van der Waals surface area (Å²) in [5.41, 5.74) is 1.13. The van der Waals surface area contributed by atoms with E-state index in [2.05, 4.69) is 10.3 Å². The van der Waals surface area contributed by atoms with Gasteiger partial charge in [0.2, 0.25) is 5.88 Å². The Morgan fingerprint density at radius 2 is 1.84 bits per heavy atom. The molecule has 0 saturated heterocycles. The van der Waals surface area contributed by atoms with Gasteiger partial charge in [0.15, 0.2) is 0 Å². The highest BCUT2D eigenvalue weighted by Crippen LogP contribution is 2.20. The Balaban J connectivity index is 2.21. The van der Waals surface area contributed by atoms with Gasteiger partial charge in [-0.3, -0.25) is 9.59 Å². The number of hydrogen-bond donors (Lipinski definition) is 1. The number of hydrogen-bond acceptors (Lipinski definition) is 5. The Bertz CT molecular complexity index is 716. The summed E-state index contributed by atoms with van der Waals surface area (Å²) in [5, 5.41) is 2.87. The van der Waals surface area contributed by atoms with Crippen molar-refractivity contribution in [3.8, 4) is 5.88 Å². The van der Waals surface area contributed by atoms with Gasteiger partial charge < -0.3 is 14.8 Å². The second-order valence-electron chi connectivity index (χ2n) is 5.74. The molecule has 0 radical (unpaired) electrons. The van der Waals surface area contributed by atoms with Crippen LogP contribution in [0.15, 0.2) is 48.7 Å². The lowest BCUT2D eigenvalue weighted by Gasteiger charge is -2.20. The van der Waals surface area contributed by atoms with Gasteiger partial charge in [0.25, 0.3) is 5.91 Å². The third kappa shape index (κ3) is 5.31. The van der Waals surface area contributed by atoms with Crippen molar-refractivity contribution in [2.75, 3.05) is 7.11 Å². The van der Waals surface area contributed by atoms with Crippen LogP contribution in [0.3, 0.4) is 0 Å². The molecule has 1 atom stereocenters. The first-order valence-electron chi connectivity index (χ1n) is 8.05. The standard InChI is InChI=1S/C19H22N2O4/c1-13(2)25-17(22)12-16(14-8-5-4-6-9-14)21-18(23)15-10-7-11-20-19(15)24-3/h4-11,13,16H,12H2,1-3H3,(H,21,23). The molecule has 2 rings (SSSR count). The van der Waals surface area contributed by atoms with Gasteiger partial charge in [-0.05, 0) is 31.5 Å². The Labute approximate surface area is 147 Å². The summed E-state index contributed by atoms with van der Waals surface area (Å²) in [7, 11) is 1.45. The van der Waals surface area contributed by atoms with Gasteiger partial charge in [0.05, 0.1) is 25.7 Å². The molecule has 1 unspecified atom stereocenters. The third-order valence-electron chi connectivity index (χ3n) is 3.45. The summed E-state index contributed by atoms with van der Waals surface area (Å²) in [6, 6.07) is 12.1. The van der Waals surface area contributed by atoms with Crippen molar-refractivity contribution in [1.82, 2.24) is 10.3 Å². The highest BCUT2D eigenvalue weighted by atomic mass is 16.5. The van der Waals surface area contributed by atoms with E-state index < -0.39 is 6.04 Å². The van der Waals surface area contributed by atoms with E-state index in [-0.39, 0.29) is 30.3 Å². The Morgan fingerprint density at radius 3 is 2.48 bits per heavy atom. The van der Waals surface area contributed by atoms with E-state index in [1.165, 1.54) is 7.11 Å². The highest BCUT2D eigenvalue weighted by Gasteiger charge is 2.22. The molecule has 0 spiro atoms. The predicted octanol–water partition coefficient (Wildman–Crippen LogP) is 2.90. The summed E-state index contributed by atoms with van der Waals surface area (Å²) >= 11 is 0. The van der Waals surface area contributed by atoms with E-state index in [0.29, 0.717) is 5.56 Å². The van der Waals surface area contributed by atoms with Gasteiger partial charge in [-0.2, -0.15) is 0 Å². The highest BCUT2D eigenvalue weighted by molar-refractivity contribution is 5.96. The molecule has 0 bridgehead atoms. The topological polar surface area (TPSA) is 77.5 Å². The van der Waals surface area contributed by atoms with Crippen molar-refractivity contribution in [1.29, 1.82) is 0 Å². The second kappa shape index (κ2) is 8.82. The average molecular weight is 342 g/mol. The Kier molecular flexibility index (Phi) is 6.51. The lowest BCUT2D eigenvalue weighted by Crippen LogP contribution is -2.31. The van der Waals surface area contributed by atoms with Gasteiger partial charge in [-0.1, -0.05) is 30.3 Å². The number of nitrogens with one attached hydrogen (secondary N) is 1. The van der Waals surface area contributed by atoms with Gasteiger partial charge in [-0.15, -0.1) is 0 Å². The van der Waals surface area contributed by atoms with Crippen molar-refractivity contribution in [2.24, 2.45) is 0 Å². The molecule has 132 valence electrons. The van der Waals surface area contributed by atoms with Crippen molar-refractivity contribution in [2.45, 2.75) is 32.4 Å². The molecular formula is C19H22N2O4. The van der Waals surface area contributed by atoms with E-state index >= 15 is 0 Å². The van der Waals surface area contributed by atoms with E-state index in [1.807, 2.05) is 30.3 Å². The first kappa shape index (κ1) is 18.4.